The maximum atomic E-state index is 12.8. The number of carboxylic acid groups (broad SMARTS) is 1. The van der Waals surface area contributed by atoms with Gasteiger partial charge in [0, 0.05) is 12.6 Å². The quantitative estimate of drug-likeness (QED) is 0.910. The number of hydrogen-bond donors (Lipinski definition) is 1. The fraction of sp³-hybridized carbons (Fsp3) is 0.267. The van der Waals surface area contributed by atoms with Gasteiger partial charge in [-0.1, -0.05) is 25.5 Å². The maximum absolute atomic E-state index is 12.8. The molecule has 0 amide bonds. The van der Waals surface area contributed by atoms with E-state index in [0.29, 0.717) is 24.4 Å². The molecule has 0 atom stereocenters. The van der Waals surface area contributed by atoms with E-state index in [0.717, 1.165) is 12.0 Å². The highest BCUT2D eigenvalue weighted by molar-refractivity contribution is 5.88. The summed E-state index contributed by atoms with van der Waals surface area (Å²) in [6.45, 7) is 1.97. The number of aryl methyl sites for hydroxylation is 1. The van der Waals surface area contributed by atoms with Gasteiger partial charge < -0.3 is 5.11 Å². The Morgan fingerprint density at radius 3 is 2.60 bits per heavy atom. The molecular weight excluding hydrogens is 259 g/mol. The first kappa shape index (κ1) is 14.1. The van der Waals surface area contributed by atoms with E-state index in [2.05, 4.69) is 9.97 Å². The number of nitrogens with zero attached hydrogens (tertiary/aromatic N) is 2. The first-order valence-electron chi connectivity index (χ1n) is 6.42. The minimum absolute atomic E-state index is 0.148. The molecule has 0 aliphatic rings. The summed E-state index contributed by atoms with van der Waals surface area (Å²) < 4.78 is 12.8. The summed E-state index contributed by atoms with van der Waals surface area (Å²) in [6, 6.07) is 6.11. The molecule has 0 spiro atoms. The van der Waals surface area contributed by atoms with E-state index >= 15 is 0 Å². The highest BCUT2D eigenvalue weighted by Crippen LogP contribution is 2.12. The van der Waals surface area contributed by atoms with Crippen LogP contribution >= 0.6 is 0 Å². The van der Waals surface area contributed by atoms with Gasteiger partial charge in [-0.3, -0.25) is 0 Å². The zero-order chi connectivity index (χ0) is 14.5. The average Bonchev–Trinajstić information content (AvgIpc) is 2.42. The lowest BCUT2D eigenvalue weighted by Gasteiger charge is -2.06. The molecular formula is C15H15FN2O2. The fourth-order valence-electron chi connectivity index (χ4n) is 1.93. The fourth-order valence-corrected chi connectivity index (χ4v) is 1.93. The van der Waals surface area contributed by atoms with Crippen LogP contribution in [0.1, 0.15) is 40.8 Å². The molecule has 0 unspecified atom stereocenters. The van der Waals surface area contributed by atoms with Crippen LogP contribution in [-0.2, 0) is 12.8 Å². The molecule has 1 heterocycles. The van der Waals surface area contributed by atoms with E-state index in [1.54, 1.807) is 12.1 Å². The van der Waals surface area contributed by atoms with Crippen molar-refractivity contribution in [3.8, 4) is 0 Å². The van der Waals surface area contributed by atoms with Crippen molar-refractivity contribution in [2.24, 2.45) is 0 Å². The lowest BCUT2D eigenvalue weighted by atomic mass is 10.1. The predicted molar refractivity (Wildman–Crippen MR) is 72.2 cm³/mol. The van der Waals surface area contributed by atoms with Crippen molar-refractivity contribution in [2.45, 2.75) is 26.2 Å². The van der Waals surface area contributed by atoms with Crippen LogP contribution in [0.5, 0.6) is 0 Å². The van der Waals surface area contributed by atoms with Crippen molar-refractivity contribution in [1.29, 1.82) is 0 Å². The van der Waals surface area contributed by atoms with E-state index in [1.165, 1.54) is 18.3 Å². The maximum Gasteiger partial charge on any atom is 0.339 e. The van der Waals surface area contributed by atoms with E-state index in [4.69, 9.17) is 5.11 Å². The van der Waals surface area contributed by atoms with Gasteiger partial charge in [-0.05, 0) is 24.1 Å². The molecule has 104 valence electrons. The second-order valence-electron chi connectivity index (χ2n) is 4.50. The van der Waals surface area contributed by atoms with Gasteiger partial charge in [0.2, 0.25) is 0 Å². The third-order valence-corrected chi connectivity index (χ3v) is 2.91. The molecule has 1 aromatic heterocycles. The predicted octanol–water partition coefficient (Wildman–Crippen LogP) is 2.86. The zero-order valence-corrected chi connectivity index (χ0v) is 11.1. The number of aromatic carboxylic acids is 1. The van der Waals surface area contributed by atoms with Crippen LogP contribution in [0.2, 0.25) is 0 Å². The highest BCUT2D eigenvalue weighted by atomic mass is 19.1. The molecule has 0 aliphatic carbocycles. The zero-order valence-electron chi connectivity index (χ0n) is 11.1. The minimum Gasteiger partial charge on any atom is -0.478 e. The third kappa shape index (κ3) is 3.38. The number of rotatable bonds is 5. The molecule has 1 N–H and O–H groups in total. The van der Waals surface area contributed by atoms with Crippen LogP contribution in [0.4, 0.5) is 4.39 Å². The summed E-state index contributed by atoms with van der Waals surface area (Å²) in [5, 5.41) is 9.08. The second-order valence-corrected chi connectivity index (χ2v) is 4.50. The molecule has 0 aliphatic heterocycles. The van der Waals surface area contributed by atoms with E-state index < -0.39 is 5.97 Å². The van der Waals surface area contributed by atoms with E-state index in [9.17, 15) is 9.18 Å². The van der Waals surface area contributed by atoms with Gasteiger partial charge in [0.1, 0.15) is 11.6 Å². The lowest BCUT2D eigenvalue weighted by molar-refractivity contribution is 0.0694. The Balaban J connectivity index is 2.26. The Kier molecular flexibility index (Phi) is 4.40. The van der Waals surface area contributed by atoms with Gasteiger partial charge in [-0.25, -0.2) is 19.2 Å². The van der Waals surface area contributed by atoms with Gasteiger partial charge >= 0.3 is 5.97 Å². The smallest absolute Gasteiger partial charge is 0.339 e. The van der Waals surface area contributed by atoms with Gasteiger partial charge in [0.15, 0.2) is 0 Å². The number of halogens is 1. The van der Waals surface area contributed by atoms with Crippen molar-refractivity contribution in [2.75, 3.05) is 0 Å². The van der Waals surface area contributed by atoms with Crippen LogP contribution in [0, 0.1) is 5.82 Å². The summed E-state index contributed by atoms with van der Waals surface area (Å²) in [6.07, 6.45) is 3.21. The molecule has 2 rings (SSSR count). The third-order valence-electron chi connectivity index (χ3n) is 2.91. The monoisotopic (exact) mass is 274 g/mol. The second kappa shape index (κ2) is 6.23. The number of aromatic nitrogens is 2. The average molecular weight is 274 g/mol. The Hall–Kier alpha value is -2.30. The van der Waals surface area contributed by atoms with Gasteiger partial charge in [-0.2, -0.15) is 0 Å². The summed E-state index contributed by atoms with van der Waals surface area (Å²) in [5.41, 5.74) is 1.58. The molecule has 5 heteroatoms. The Morgan fingerprint density at radius 1 is 1.30 bits per heavy atom. The normalized spacial score (nSPS) is 10.5. The van der Waals surface area contributed by atoms with E-state index in [1.807, 2.05) is 6.92 Å². The van der Waals surface area contributed by atoms with Gasteiger partial charge in [0.25, 0.3) is 0 Å². The number of carbonyl (C=O) groups is 1. The molecule has 20 heavy (non-hydrogen) atoms. The summed E-state index contributed by atoms with van der Waals surface area (Å²) in [4.78, 5) is 19.5. The van der Waals surface area contributed by atoms with Crippen molar-refractivity contribution in [3.63, 3.8) is 0 Å². The lowest BCUT2D eigenvalue weighted by Crippen LogP contribution is -2.09. The Morgan fingerprint density at radius 2 is 2.00 bits per heavy atom. The number of benzene rings is 1. The number of hydrogen-bond acceptors (Lipinski definition) is 3. The van der Waals surface area contributed by atoms with Crippen LogP contribution in [-0.4, -0.2) is 21.0 Å². The first-order valence-corrected chi connectivity index (χ1v) is 6.42. The van der Waals surface area contributed by atoms with Gasteiger partial charge in [-0.15, -0.1) is 0 Å². The van der Waals surface area contributed by atoms with Crippen molar-refractivity contribution in [1.82, 2.24) is 9.97 Å². The van der Waals surface area contributed by atoms with Crippen molar-refractivity contribution in [3.05, 3.63) is 58.9 Å². The minimum atomic E-state index is -1.01. The molecule has 0 radical (unpaired) electrons. The van der Waals surface area contributed by atoms with Crippen molar-refractivity contribution < 1.29 is 14.3 Å². The SMILES string of the molecule is CCCc1nc(Cc2ccc(F)cc2)ncc1C(=O)O. The molecule has 2 aromatic rings. The highest BCUT2D eigenvalue weighted by Gasteiger charge is 2.13. The molecule has 0 saturated heterocycles. The van der Waals surface area contributed by atoms with Crippen molar-refractivity contribution >= 4 is 5.97 Å². The summed E-state index contributed by atoms with van der Waals surface area (Å²) in [7, 11) is 0. The summed E-state index contributed by atoms with van der Waals surface area (Å²) >= 11 is 0. The first-order chi connectivity index (χ1) is 9.60. The van der Waals surface area contributed by atoms with Crippen LogP contribution < -0.4 is 0 Å². The summed E-state index contributed by atoms with van der Waals surface area (Å²) in [5.74, 6) is -0.755. The molecule has 0 saturated carbocycles. The standard InChI is InChI=1S/C15H15FN2O2/c1-2-3-13-12(15(19)20)9-17-14(18-13)8-10-4-6-11(16)7-5-10/h4-7,9H,2-3,8H2,1H3,(H,19,20). The Bertz CT molecular complexity index is 612. The topological polar surface area (TPSA) is 63.1 Å². The largest absolute Gasteiger partial charge is 0.478 e. The molecule has 1 aromatic carbocycles. The Labute approximate surface area is 116 Å². The van der Waals surface area contributed by atoms with Crippen LogP contribution in [0.15, 0.2) is 30.5 Å². The van der Waals surface area contributed by atoms with Gasteiger partial charge in [0.05, 0.1) is 11.3 Å². The molecule has 4 nitrogen and oxygen atoms in total. The molecule has 0 bridgehead atoms. The number of carboxylic acids is 1. The van der Waals surface area contributed by atoms with E-state index in [-0.39, 0.29) is 11.4 Å². The van der Waals surface area contributed by atoms with Crippen LogP contribution in [0.25, 0.3) is 0 Å². The molecule has 0 fully saturated rings. The van der Waals surface area contributed by atoms with Crippen LogP contribution in [0.3, 0.4) is 0 Å².